The molecule has 3 rings (SSSR count). The van der Waals surface area contributed by atoms with Crippen molar-refractivity contribution >= 4 is 17.6 Å². The van der Waals surface area contributed by atoms with Gasteiger partial charge in [0, 0.05) is 5.92 Å². The van der Waals surface area contributed by atoms with Crippen LogP contribution in [0.15, 0.2) is 24.3 Å². The minimum Gasteiger partial charge on any atom is -0.487 e. The highest BCUT2D eigenvalue weighted by molar-refractivity contribution is 5.97. The summed E-state index contributed by atoms with van der Waals surface area (Å²) in [4.78, 5) is 25.6. The van der Waals surface area contributed by atoms with Crippen LogP contribution < -0.4 is 9.64 Å². The number of fused-ring (bicyclic) bond motifs is 1. The number of aliphatic carboxylic acids is 1. The Balaban J connectivity index is 1.81. The number of anilines is 1. The van der Waals surface area contributed by atoms with Crippen LogP contribution in [-0.4, -0.2) is 29.6 Å². The Hall–Kier alpha value is -2.04. The summed E-state index contributed by atoms with van der Waals surface area (Å²) in [5.41, 5.74) is 0.791. The van der Waals surface area contributed by atoms with Crippen molar-refractivity contribution in [3.8, 4) is 5.75 Å². The molecule has 3 atom stereocenters. The van der Waals surface area contributed by atoms with Crippen LogP contribution in [0.25, 0.3) is 0 Å². The first-order valence-corrected chi connectivity index (χ1v) is 7.36. The van der Waals surface area contributed by atoms with E-state index in [1.807, 2.05) is 31.2 Å². The van der Waals surface area contributed by atoms with E-state index in [0.717, 1.165) is 11.4 Å². The minimum absolute atomic E-state index is 0.0290. The predicted octanol–water partition coefficient (Wildman–Crippen LogP) is 2.30. The third kappa shape index (κ3) is 2.60. The van der Waals surface area contributed by atoms with Gasteiger partial charge in [-0.2, -0.15) is 0 Å². The van der Waals surface area contributed by atoms with Crippen molar-refractivity contribution in [1.82, 2.24) is 0 Å². The van der Waals surface area contributed by atoms with Gasteiger partial charge in [0.15, 0.2) is 0 Å². The summed E-state index contributed by atoms with van der Waals surface area (Å²) < 4.78 is 5.75. The van der Waals surface area contributed by atoms with E-state index >= 15 is 0 Å². The molecule has 5 nitrogen and oxygen atoms in total. The van der Waals surface area contributed by atoms with Crippen molar-refractivity contribution in [3.05, 3.63) is 24.3 Å². The van der Waals surface area contributed by atoms with Gasteiger partial charge < -0.3 is 14.7 Å². The summed E-state index contributed by atoms with van der Waals surface area (Å²) in [6.07, 6.45) is 1.64. The van der Waals surface area contributed by atoms with E-state index in [9.17, 15) is 9.59 Å². The normalized spacial score (nSPS) is 27.9. The van der Waals surface area contributed by atoms with Gasteiger partial charge in [0.2, 0.25) is 5.91 Å². The number of rotatable bonds is 2. The zero-order valence-corrected chi connectivity index (χ0v) is 12.0. The van der Waals surface area contributed by atoms with E-state index in [2.05, 4.69) is 0 Å². The summed E-state index contributed by atoms with van der Waals surface area (Å²) >= 11 is 0. The molecule has 0 aromatic heterocycles. The topological polar surface area (TPSA) is 66.8 Å². The van der Waals surface area contributed by atoms with Gasteiger partial charge in [0.1, 0.15) is 11.9 Å². The number of hydrogen-bond acceptors (Lipinski definition) is 3. The number of carbonyl (C=O) groups is 2. The maximum absolute atomic E-state index is 12.8. The molecule has 1 aliphatic carbocycles. The zero-order chi connectivity index (χ0) is 15.0. The molecule has 21 heavy (non-hydrogen) atoms. The molecule has 1 amide bonds. The fraction of sp³-hybridized carbons (Fsp3) is 0.500. The second kappa shape index (κ2) is 5.39. The van der Waals surface area contributed by atoms with E-state index in [1.165, 1.54) is 0 Å². The molecule has 2 aliphatic rings. The van der Waals surface area contributed by atoms with Crippen molar-refractivity contribution in [3.63, 3.8) is 0 Å². The number of nitrogens with zero attached hydrogens (tertiary/aromatic N) is 1. The first-order chi connectivity index (χ1) is 10.1. The predicted molar refractivity (Wildman–Crippen MR) is 77.4 cm³/mol. The molecular formula is C16H19NO4. The fourth-order valence-corrected chi connectivity index (χ4v) is 3.25. The highest BCUT2D eigenvalue weighted by Gasteiger charge is 2.38. The number of carboxylic acid groups (broad SMARTS) is 1. The van der Waals surface area contributed by atoms with E-state index in [0.29, 0.717) is 25.8 Å². The Morgan fingerprint density at radius 3 is 2.67 bits per heavy atom. The average molecular weight is 289 g/mol. The van der Waals surface area contributed by atoms with Crippen LogP contribution in [0.1, 0.15) is 26.2 Å². The van der Waals surface area contributed by atoms with Crippen LogP contribution in [0, 0.1) is 11.8 Å². The Labute approximate surface area is 123 Å². The molecule has 1 unspecified atom stereocenters. The lowest BCUT2D eigenvalue weighted by atomic mass is 10.0. The average Bonchev–Trinajstić information content (AvgIpc) is 2.95. The molecule has 1 aromatic rings. The first kappa shape index (κ1) is 13.9. The van der Waals surface area contributed by atoms with Crippen LogP contribution in [0.4, 0.5) is 5.69 Å². The van der Waals surface area contributed by atoms with Crippen molar-refractivity contribution < 1.29 is 19.4 Å². The number of carboxylic acids is 1. The lowest BCUT2D eigenvalue weighted by Gasteiger charge is -2.34. The maximum Gasteiger partial charge on any atom is 0.306 e. The number of carbonyl (C=O) groups excluding carboxylic acids is 1. The molecule has 1 N–H and O–H groups in total. The minimum atomic E-state index is -0.791. The van der Waals surface area contributed by atoms with Crippen LogP contribution in [-0.2, 0) is 9.59 Å². The number of hydrogen-bond donors (Lipinski definition) is 1. The third-order valence-electron chi connectivity index (χ3n) is 4.32. The monoisotopic (exact) mass is 289 g/mol. The van der Waals surface area contributed by atoms with E-state index < -0.39 is 5.97 Å². The van der Waals surface area contributed by atoms with Gasteiger partial charge in [-0.15, -0.1) is 0 Å². The molecule has 5 heteroatoms. The quantitative estimate of drug-likeness (QED) is 0.907. The molecule has 1 aliphatic heterocycles. The molecule has 112 valence electrons. The van der Waals surface area contributed by atoms with Gasteiger partial charge in [0.05, 0.1) is 18.2 Å². The van der Waals surface area contributed by atoms with Gasteiger partial charge in [0.25, 0.3) is 0 Å². The van der Waals surface area contributed by atoms with Crippen LogP contribution >= 0.6 is 0 Å². The van der Waals surface area contributed by atoms with E-state index in [-0.39, 0.29) is 23.8 Å². The molecule has 1 heterocycles. The van der Waals surface area contributed by atoms with Crippen LogP contribution in [0.2, 0.25) is 0 Å². The summed E-state index contributed by atoms with van der Waals surface area (Å²) in [6, 6.07) is 7.51. The third-order valence-corrected chi connectivity index (χ3v) is 4.32. The molecule has 1 saturated carbocycles. The Morgan fingerprint density at radius 1 is 1.24 bits per heavy atom. The highest BCUT2D eigenvalue weighted by atomic mass is 16.5. The van der Waals surface area contributed by atoms with E-state index in [4.69, 9.17) is 9.84 Å². The van der Waals surface area contributed by atoms with Gasteiger partial charge >= 0.3 is 5.97 Å². The SMILES string of the molecule is CC1CN(C(=O)[C@@H]2CC[C@H](C(=O)O)C2)c2ccccc2O1. The van der Waals surface area contributed by atoms with Crippen molar-refractivity contribution in [2.45, 2.75) is 32.3 Å². The molecule has 0 saturated heterocycles. The van der Waals surface area contributed by atoms with Crippen LogP contribution in [0.5, 0.6) is 5.75 Å². The summed E-state index contributed by atoms with van der Waals surface area (Å²) in [5.74, 6) is -0.614. The molecule has 0 radical (unpaired) electrons. The first-order valence-electron chi connectivity index (χ1n) is 7.36. The van der Waals surface area contributed by atoms with Gasteiger partial charge in [-0.3, -0.25) is 9.59 Å². The summed E-state index contributed by atoms with van der Waals surface area (Å²) in [6.45, 7) is 2.45. The number of benzene rings is 1. The molecular weight excluding hydrogens is 270 g/mol. The Bertz CT molecular complexity index is 571. The zero-order valence-electron chi connectivity index (χ0n) is 12.0. The number of para-hydroxylation sites is 2. The highest BCUT2D eigenvalue weighted by Crippen LogP contribution is 2.38. The van der Waals surface area contributed by atoms with Gasteiger partial charge in [-0.25, -0.2) is 0 Å². The maximum atomic E-state index is 12.8. The second-order valence-electron chi connectivity index (χ2n) is 5.89. The van der Waals surface area contributed by atoms with Crippen molar-refractivity contribution in [2.75, 3.05) is 11.4 Å². The van der Waals surface area contributed by atoms with Gasteiger partial charge in [-0.1, -0.05) is 12.1 Å². The molecule has 1 aromatic carbocycles. The molecule has 0 spiro atoms. The van der Waals surface area contributed by atoms with Crippen LogP contribution in [0.3, 0.4) is 0 Å². The summed E-state index contributed by atoms with van der Waals surface area (Å²) in [7, 11) is 0. The standard InChI is InChI=1S/C16H19NO4/c1-10-9-17(13-4-2-3-5-14(13)21-10)15(18)11-6-7-12(8-11)16(19)20/h2-5,10-12H,6-9H2,1H3,(H,19,20)/t10?,11-,12+/m1/s1. The Morgan fingerprint density at radius 2 is 1.95 bits per heavy atom. The largest absolute Gasteiger partial charge is 0.487 e. The number of ether oxygens (including phenoxy) is 1. The smallest absolute Gasteiger partial charge is 0.306 e. The lowest BCUT2D eigenvalue weighted by Crippen LogP contribution is -2.44. The summed E-state index contributed by atoms with van der Waals surface area (Å²) in [5, 5.41) is 9.08. The Kier molecular flexibility index (Phi) is 3.57. The van der Waals surface area contributed by atoms with Crippen molar-refractivity contribution in [2.24, 2.45) is 11.8 Å². The van der Waals surface area contributed by atoms with Gasteiger partial charge in [-0.05, 0) is 38.3 Å². The fourth-order valence-electron chi connectivity index (χ4n) is 3.25. The van der Waals surface area contributed by atoms with Crippen molar-refractivity contribution in [1.29, 1.82) is 0 Å². The second-order valence-corrected chi connectivity index (χ2v) is 5.89. The lowest BCUT2D eigenvalue weighted by molar-refractivity contribution is -0.141. The molecule has 1 fully saturated rings. The van der Waals surface area contributed by atoms with E-state index in [1.54, 1.807) is 4.90 Å². The number of amides is 1. The molecule has 0 bridgehead atoms.